The molecule has 2 rings (SSSR count). The quantitative estimate of drug-likeness (QED) is 0.632. The van der Waals surface area contributed by atoms with Crippen molar-refractivity contribution in [1.82, 2.24) is 4.98 Å². The number of rotatable bonds is 3. The molecule has 0 aliphatic heterocycles. The van der Waals surface area contributed by atoms with E-state index < -0.39 is 5.97 Å². The van der Waals surface area contributed by atoms with Crippen LogP contribution in [0.15, 0.2) is 24.4 Å². The molecule has 2 aromatic rings. The largest absolute Gasteiger partial charge is 0.497 e. The normalized spacial score (nSPS) is 10.4. The van der Waals surface area contributed by atoms with Gasteiger partial charge in [0, 0.05) is 17.0 Å². The fourth-order valence-electron chi connectivity index (χ4n) is 1.69. The van der Waals surface area contributed by atoms with Gasteiger partial charge in [0.15, 0.2) is 0 Å². The molecule has 94 valence electrons. The maximum absolute atomic E-state index is 11.9. The molecular weight excluding hydrogens is 254 g/mol. The highest BCUT2D eigenvalue weighted by Crippen LogP contribution is 2.28. The van der Waals surface area contributed by atoms with Crippen LogP contribution in [-0.2, 0) is 4.74 Å². The molecule has 0 saturated heterocycles. The highest BCUT2D eigenvalue weighted by Gasteiger charge is 2.17. The minimum Gasteiger partial charge on any atom is -0.497 e. The summed E-state index contributed by atoms with van der Waals surface area (Å²) in [7, 11) is 1.56. The summed E-state index contributed by atoms with van der Waals surface area (Å²) in [4.78, 5) is 15.9. The van der Waals surface area contributed by atoms with Crippen molar-refractivity contribution in [3.63, 3.8) is 0 Å². The van der Waals surface area contributed by atoms with Gasteiger partial charge in [-0.05, 0) is 25.1 Å². The van der Waals surface area contributed by atoms with Gasteiger partial charge < -0.3 is 9.47 Å². The number of nitrogens with zero attached hydrogens (tertiary/aromatic N) is 1. The summed E-state index contributed by atoms with van der Waals surface area (Å²) in [6, 6.07) is 5.36. The van der Waals surface area contributed by atoms with Crippen molar-refractivity contribution >= 4 is 28.3 Å². The number of hydrogen-bond acceptors (Lipinski definition) is 4. The number of carbonyl (C=O) groups excluding carboxylic acids is 1. The van der Waals surface area contributed by atoms with Crippen LogP contribution in [0.1, 0.15) is 17.3 Å². The van der Waals surface area contributed by atoms with Crippen molar-refractivity contribution in [2.45, 2.75) is 6.92 Å². The van der Waals surface area contributed by atoms with Gasteiger partial charge in [-0.3, -0.25) is 0 Å². The third-order valence-electron chi connectivity index (χ3n) is 2.53. The number of pyridine rings is 1. The van der Waals surface area contributed by atoms with E-state index in [-0.39, 0.29) is 17.3 Å². The van der Waals surface area contributed by atoms with Crippen LogP contribution in [0.4, 0.5) is 0 Å². The third kappa shape index (κ3) is 2.24. The van der Waals surface area contributed by atoms with E-state index in [4.69, 9.17) is 21.1 Å². The second-order valence-electron chi connectivity index (χ2n) is 3.60. The predicted octanol–water partition coefficient (Wildman–Crippen LogP) is 3.07. The lowest BCUT2D eigenvalue weighted by atomic mass is 10.1. The molecular formula is C13H12ClNO3. The molecule has 0 atom stereocenters. The van der Waals surface area contributed by atoms with Gasteiger partial charge in [0.2, 0.25) is 0 Å². The Morgan fingerprint density at radius 2 is 2.22 bits per heavy atom. The molecule has 4 nitrogen and oxygen atoms in total. The molecule has 0 N–H and O–H groups in total. The number of esters is 1. The van der Waals surface area contributed by atoms with Gasteiger partial charge in [0.05, 0.1) is 13.7 Å². The lowest BCUT2D eigenvalue weighted by molar-refractivity contribution is 0.0528. The average molecular weight is 266 g/mol. The van der Waals surface area contributed by atoms with Crippen LogP contribution < -0.4 is 4.74 Å². The molecule has 0 saturated carbocycles. The Morgan fingerprint density at radius 3 is 2.89 bits per heavy atom. The lowest BCUT2D eigenvalue weighted by Gasteiger charge is -2.08. The van der Waals surface area contributed by atoms with E-state index in [0.29, 0.717) is 11.1 Å². The number of aromatic nitrogens is 1. The number of hydrogen-bond donors (Lipinski definition) is 0. The van der Waals surface area contributed by atoms with Crippen LogP contribution in [0.5, 0.6) is 5.75 Å². The zero-order chi connectivity index (χ0) is 13.1. The Morgan fingerprint density at radius 1 is 1.44 bits per heavy atom. The van der Waals surface area contributed by atoms with Gasteiger partial charge in [-0.1, -0.05) is 11.6 Å². The number of methoxy groups -OCH3 is 1. The van der Waals surface area contributed by atoms with Crippen LogP contribution in [0.25, 0.3) is 10.8 Å². The molecule has 18 heavy (non-hydrogen) atoms. The van der Waals surface area contributed by atoms with Gasteiger partial charge in [0.1, 0.15) is 16.5 Å². The van der Waals surface area contributed by atoms with Gasteiger partial charge >= 0.3 is 5.97 Å². The first-order valence-corrected chi connectivity index (χ1v) is 5.84. The Hall–Kier alpha value is -1.81. The van der Waals surface area contributed by atoms with Gasteiger partial charge in [-0.15, -0.1) is 0 Å². The second-order valence-corrected chi connectivity index (χ2v) is 3.96. The smallest absolute Gasteiger partial charge is 0.341 e. The van der Waals surface area contributed by atoms with E-state index in [1.807, 2.05) is 6.07 Å². The number of carbonyl (C=O) groups is 1. The van der Waals surface area contributed by atoms with Crippen LogP contribution in [0.3, 0.4) is 0 Å². The van der Waals surface area contributed by atoms with Gasteiger partial charge in [0.25, 0.3) is 0 Å². The first kappa shape index (κ1) is 12.6. The summed E-state index contributed by atoms with van der Waals surface area (Å²) in [5.74, 6) is 0.171. The molecule has 0 aliphatic carbocycles. The van der Waals surface area contributed by atoms with Crippen molar-refractivity contribution in [2.24, 2.45) is 0 Å². The van der Waals surface area contributed by atoms with Crippen LogP contribution >= 0.6 is 11.6 Å². The van der Waals surface area contributed by atoms with E-state index in [2.05, 4.69) is 4.98 Å². The van der Waals surface area contributed by atoms with E-state index in [1.165, 1.54) is 0 Å². The Labute approximate surface area is 109 Å². The van der Waals surface area contributed by atoms with Crippen molar-refractivity contribution < 1.29 is 14.3 Å². The first-order valence-electron chi connectivity index (χ1n) is 5.46. The van der Waals surface area contributed by atoms with Crippen molar-refractivity contribution in [2.75, 3.05) is 13.7 Å². The zero-order valence-corrected chi connectivity index (χ0v) is 10.8. The van der Waals surface area contributed by atoms with Crippen molar-refractivity contribution in [1.29, 1.82) is 0 Å². The Kier molecular flexibility index (Phi) is 3.67. The highest BCUT2D eigenvalue weighted by molar-refractivity contribution is 6.34. The Bertz CT molecular complexity index is 598. The van der Waals surface area contributed by atoms with Crippen LogP contribution in [-0.4, -0.2) is 24.7 Å². The summed E-state index contributed by atoms with van der Waals surface area (Å²) >= 11 is 5.98. The summed E-state index contributed by atoms with van der Waals surface area (Å²) < 4.78 is 10.1. The summed E-state index contributed by atoms with van der Waals surface area (Å²) in [6.45, 7) is 2.03. The lowest BCUT2D eigenvalue weighted by Crippen LogP contribution is -2.07. The van der Waals surface area contributed by atoms with Crippen LogP contribution in [0, 0.1) is 0 Å². The van der Waals surface area contributed by atoms with E-state index in [0.717, 1.165) is 5.39 Å². The minimum atomic E-state index is -0.478. The predicted molar refractivity (Wildman–Crippen MR) is 69.3 cm³/mol. The second kappa shape index (κ2) is 5.23. The van der Waals surface area contributed by atoms with E-state index in [1.54, 1.807) is 32.4 Å². The third-order valence-corrected chi connectivity index (χ3v) is 2.82. The SMILES string of the molecule is CCOC(=O)c1c(Cl)ncc2ccc(OC)cc12. The van der Waals surface area contributed by atoms with Crippen LogP contribution in [0.2, 0.25) is 5.15 Å². The zero-order valence-electron chi connectivity index (χ0n) is 10.1. The highest BCUT2D eigenvalue weighted by atomic mass is 35.5. The average Bonchev–Trinajstić information content (AvgIpc) is 2.38. The standard InChI is InChI=1S/C13H12ClNO3/c1-3-18-13(16)11-10-6-9(17-2)5-4-8(10)7-15-12(11)14/h4-7H,3H2,1-2H3. The summed E-state index contributed by atoms with van der Waals surface area (Å²) in [5.41, 5.74) is 0.273. The molecule has 0 radical (unpaired) electrons. The number of halogens is 1. The molecule has 0 aliphatic rings. The molecule has 5 heteroatoms. The molecule has 1 aromatic carbocycles. The molecule has 0 bridgehead atoms. The van der Waals surface area contributed by atoms with Gasteiger partial charge in [-0.25, -0.2) is 9.78 Å². The van der Waals surface area contributed by atoms with Gasteiger partial charge in [-0.2, -0.15) is 0 Å². The molecule has 0 spiro atoms. The van der Waals surface area contributed by atoms with E-state index >= 15 is 0 Å². The molecule has 0 fully saturated rings. The fourth-order valence-corrected chi connectivity index (χ4v) is 1.92. The maximum Gasteiger partial charge on any atom is 0.341 e. The Balaban J connectivity index is 2.67. The summed E-state index contributed by atoms with van der Waals surface area (Å²) in [5, 5.41) is 1.62. The fraction of sp³-hybridized carbons (Fsp3) is 0.231. The first-order chi connectivity index (χ1) is 8.67. The van der Waals surface area contributed by atoms with Crippen molar-refractivity contribution in [3.05, 3.63) is 35.1 Å². The topological polar surface area (TPSA) is 48.4 Å². The minimum absolute atomic E-state index is 0.134. The monoisotopic (exact) mass is 265 g/mol. The number of benzene rings is 1. The molecule has 1 heterocycles. The number of fused-ring (bicyclic) bond motifs is 1. The molecule has 0 unspecified atom stereocenters. The maximum atomic E-state index is 11.9. The van der Waals surface area contributed by atoms with E-state index in [9.17, 15) is 4.79 Å². The summed E-state index contributed by atoms with van der Waals surface area (Å²) in [6.07, 6.45) is 1.61. The van der Waals surface area contributed by atoms with Crippen molar-refractivity contribution in [3.8, 4) is 5.75 Å². The molecule has 0 amide bonds. The number of ether oxygens (including phenoxy) is 2. The molecule has 1 aromatic heterocycles.